The molecule has 0 aliphatic carbocycles. The van der Waals surface area contributed by atoms with Crippen LogP contribution in [0.3, 0.4) is 0 Å². The number of benzene rings is 2. The van der Waals surface area contributed by atoms with E-state index in [0.717, 1.165) is 11.8 Å². The molecule has 7 heteroatoms. The molecule has 0 heterocycles. The molecule has 2 N–H and O–H groups in total. The Bertz CT molecular complexity index is 712. The molecule has 0 amide bonds. The van der Waals surface area contributed by atoms with Crippen LogP contribution < -0.4 is 5.14 Å². The summed E-state index contributed by atoms with van der Waals surface area (Å²) < 4.78 is 23.2. The van der Waals surface area contributed by atoms with Crippen molar-refractivity contribution in [2.24, 2.45) is 5.14 Å². The summed E-state index contributed by atoms with van der Waals surface area (Å²) >= 11 is 0.972. The first-order valence-electron chi connectivity index (χ1n) is 6.95. The van der Waals surface area contributed by atoms with Gasteiger partial charge in [0.1, 0.15) is 16.8 Å². The number of thioether (sulfide) groups is 1. The summed E-state index contributed by atoms with van der Waals surface area (Å²) in [6.07, 6.45) is 0. The largest absolute Gasteiger partial charge is 0.293 e. The van der Waals surface area contributed by atoms with E-state index in [4.69, 9.17) is 5.14 Å². The second-order valence-corrected chi connectivity index (χ2v) is 6.99. The van der Waals surface area contributed by atoms with Gasteiger partial charge in [0.05, 0.1) is 10.6 Å². The monoisotopic (exact) mass is 367 g/mol. The van der Waals surface area contributed by atoms with Crippen molar-refractivity contribution in [1.82, 2.24) is 0 Å². The quantitative estimate of drug-likeness (QED) is 0.842. The zero-order chi connectivity index (χ0) is 18.1. The van der Waals surface area contributed by atoms with Crippen LogP contribution in [0.15, 0.2) is 53.4 Å². The van der Waals surface area contributed by atoms with E-state index in [9.17, 15) is 18.2 Å². The molecular formula is C17H18FNO3S2. The maximum atomic E-state index is 12.3. The van der Waals surface area contributed by atoms with Crippen LogP contribution in [0.25, 0.3) is 0 Å². The SMILES string of the molecule is CC(=O)SCC(=O)c1ccc(S(N)=O)cc1.Cc1ccccc1F. The number of halogens is 1. The standard InChI is InChI=1S/C10H11NO3S2.C7H7F/c1-7(12)15-6-10(13)8-2-4-9(5-3-8)16(11)14;1-6-4-2-3-5-7(6)8/h2-5H,6,11H2,1H3;2-5H,1H3. The average molecular weight is 367 g/mol. The summed E-state index contributed by atoms with van der Waals surface area (Å²) in [7, 11) is -1.53. The fraction of sp³-hybridized carbons (Fsp3) is 0.176. The maximum Gasteiger partial charge on any atom is 0.186 e. The summed E-state index contributed by atoms with van der Waals surface area (Å²) in [4.78, 5) is 22.7. The molecule has 0 aliphatic rings. The third-order valence-corrected chi connectivity index (χ3v) is 4.44. The number of hydrogen-bond donors (Lipinski definition) is 1. The van der Waals surface area contributed by atoms with Gasteiger partial charge in [0.25, 0.3) is 0 Å². The molecule has 2 rings (SSSR count). The molecule has 1 unspecified atom stereocenters. The Hall–Kier alpha value is -1.83. The number of aryl methyl sites for hydroxylation is 1. The van der Waals surface area contributed by atoms with E-state index < -0.39 is 11.0 Å². The Morgan fingerprint density at radius 1 is 1.12 bits per heavy atom. The fourth-order valence-electron chi connectivity index (χ4n) is 1.58. The molecule has 2 aromatic rings. The third-order valence-electron chi connectivity index (χ3n) is 2.89. The Morgan fingerprint density at radius 2 is 1.71 bits per heavy atom. The average Bonchev–Trinajstić information content (AvgIpc) is 2.56. The lowest BCUT2D eigenvalue weighted by Gasteiger charge is -2.00. The number of nitrogens with two attached hydrogens (primary N) is 1. The molecule has 0 bridgehead atoms. The van der Waals surface area contributed by atoms with Gasteiger partial charge in [-0.05, 0) is 30.7 Å². The molecule has 0 fully saturated rings. The lowest BCUT2D eigenvalue weighted by Crippen LogP contribution is -2.06. The minimum Gasteiger partial charge on any atom is -0.293 e. The lowest BCUT2D eigenvalue weighted by atomic mass is 10.1. The number of Topliss-reactive ketones (excluding diaryl/α,β-unsaturated/α-hetero) is 1. The predicted molar refractivity (Wildman–Crippen MR) is 95.6 cm³/mol. The molecule has 0 saturated heterocycles. The highest BCUT2D eigenvalue weighted by molar-refractivity contribution is 8.14. The van der Waals surface area contributed by atoms with Gasteiger partial charge in [0, 0.05) is 12.5 Å². The summed E-state index contributed by atoms with van der Waals surface area (Å²) in [5.41, 5.74) is 1.19. The molecule has 0 saturated carbocycles. The van der Waals surface area contributed by atoms with Crippen molar-refractivity contribution in [2.45, 2.75) is 18.7 Å². The summed E-state index contributed by atoms with van der Waals surface area (Å²) in [6, 6.07) is 12.9. The molecule has 1 atom stereocenters. The highest BCUT2D eigenvalue weighted by atomic mass is 32.2. The Labute approximate surface area is 147 Å². The van der Waals surface area contributed by atoms with Crippen molar-refractivity contribution >= 4 is 33.6 Å². The molecule has 2 aromatic carbocycles. The van der Waals surface area contributed by atoms with E-state index >= 15 is 0 Å². The lowest BCUT2D eigenvalue weighted by molar-refractivity contribution is -0.109. The van der Waals surface area contributed by atoms with Crippen molar-refractivity contribution in [2.75, 3.05) is 5.75 Å². The van der Waals surface area contributed by atoms with Gasteiger partial charge in [-0.1, -0.05) is 42.1 Å². The number of carbonyl (C=O) groups excluding carboxylic acids is 2. The van der Waals surface area contributed by atoms with Crippen LogP contribution in [-0.4, -0.2) is 20.9 Å². The summed E-state index contributed by atoms with van der Waals surface area (Å²) in [6.45, 7) is 3.16. The second-order valence-electron chi connectivity index (χ2n) is 4.77. The molecule has 0 radical (unpaired) electrons. The Kier molecular flexibility index (Phi) is 8.53. The van der Waals surface area contributed by atoms with Gasteiger partial charge < -0.3 is 0 Å². The van der Waals surface area contributed by atoms with Gasteiger partial charge in [-0.3, -0.25) is 9.59 Å². The van der Waals surface area contributed by atoms with Crippen molar-refractivity contribution < 1.29 is 18.2 Å². The summed E-state index contributed by atoms with van der Waals surface area (Å²) in [5.74, 6) is -0.137. The maximum absolute atomic E-state index is 12.3. The van der Waals surface area contributed by atoms with Gasteiger partial charge in [-0.2, -0.15) is 0 Å². The summed E-state index contributed by atoms with van der Waals surface area (Å²) in [5, 5.41) is 5.09. The van der Waals surface area contributed by atoms with E-state index in [0.29, 0.717) is 16.0 Å². The van der Waals surface area contributed by atoms with Crippen LogP contribution >= 0.6 is 11.8 Å². The van der Waals surface area contributed by atoms with Crippen LogP contribution in [0.5, 0.6) is 0 Å². The number of ketones is 1. The highest BCUT2D eigenvalue weighted by Gasteiger charge is 2.08. The van der Waals surface area contributed by atoms with Crippen molar-refractivity contribution in [3.05, 3.63) is 65.5 Å². The topological polar surface area (TPSA) is 77.2 Å². The van der Waals surface area contributed by atoms with Gasteiger partial charge in [0.15, 0.2) is 10.9 Å². The minimum atomic E-state index is -1.53. The minimum absolute atomic E-state index is 0.0898. The van der Waals surface area contributed by atoms with Crippen LogP contribution in [0.2, 0.25) is 0 Å². The molecular weight excluding hydrogens is 349 g/mol. The van der Waals surface area contributed by atoms with Gasteiger partial charge in [-0.15, -0.1) is 0 Å². The van der Waals surface area contributed by atoms with Gasteiger partial charge in [0.2, 0.25) is 0 Å². The second kappa shape index (κ2) is 10.1. The van der Waals surface area contributed by atoms with E-state index in [1.165, 1.54) is 13.0 Å². The Balaban J connectivity index is 0.000000300. The smallest absolute Gasteiger partial charge is 0.186 e. The van der Waals surface area contributed by atoms with Crippen molar-refractivity contribution in [3.8, 4) is 0 Å². The fourth-order valence-corrected chi connectivity index (χ4v) is 2.48. The first kappa shape index (κ1) is 20.2. The van der Waals surface area contributed by atoms with Crippen LogP contribution in [0.4, 0.5) is 4.39 Å². The zero-order valence-corrected chi connectivity index (χ0v) is 15.0. The molecule has 0 aromatic heterocycles. The van der Waals surface area contributed by atoms with Crippen LogP contribution in [0, 0.1) is 12.7 Å². The number of hydrogen-bond acceptors (Lipinski definition) is 4. The Morgan fingerprint density at radius 3 is 2.12 bits per heavy atom. The van der Waals surface area contributed by atoms with E-state index in [1.807, 2.05) is 6.07 Å². The molecule has 4 nitrogen and oxygen atoms in total. The number of carbonyl (C=O) groups is 2. The van der Waals surface area contributed by atoms with Crippen molar-refractivity contribution in [1.29, 1.82) is 0 Å². The van der Waals surface area contributed by atoms with Gasteiger partial charge in [-0.25, -0.2) is 13.7 Å². The first-order chi connectivity index (χ1) is 11.3. The van der Waals surface area contributed by atoms with E-state index in [1.54, 1.807) is 43.3 Å². The first-order valence-corrected chi connectivity index (χ1v) is 9.15. The van der Waals surface area contributed by atoms with E-state index in [-0.39, 0.29) is 22.5 Å². The van der Waals surface area contributed by atoms with E-state index in [2.05, 4.69) is 0 Å². The van der Waals surface area contributed by atoms with Crippen molar-refractivity contribution in [3.63, 3.8) is 0 Å². The normalized spacial score (nSPS) is 11.2. The number of rotatable bonds is 4. The zero-order valence-electron chi connectivity index (χ0n) is 13.3. The third kappa shape index (κ3) is 7.16. The predicted octanol–water partition coefficient (Wildman–Crippen LogP) is 3.26. The molecule has 0 spiro atoms. The van der Waals surface area contributed by atoms with Gasteiger partial charge >= 0.3 is 0 Å². The highest BCUT2D eigenvalue weighted by Crippen LogP contribution is 2.10. The molecule has 24 heavy (non-hydrogen) atoms. The van der Waals surface area contributed by atoms with Crippen LogP contribution in [-0.2, 0) is 15.8 Å². The molecule has 128 valence electrons. The van der Waals surface area contributed by atoms with Crippen LogP contribution in [0.1, 0.15) is 22.8 Å². The molecule has 0 aliphatic heterocycles.